The van der Waals surface area contributed by atoms with E-state index < -0.39 is 0 Å². The number of aliphatic hydroxyl groups excluding tert-OH is 1. The van der Waals surface area contributed by atoms with E-state index in [9.17, 15) is 5.11 Å². The molecule has 3 heteroatoms. The van der Waals surface area contributed by atoms with Gasteiger partial charge in [-0.05, 0) is 37.0 Å². The number of aliphatic hydroxyl groups is 1. The topological polar surface area (TPSA) is 49.5 Å². The summed E-state index contributed by atoms with van der Waals surface area (Å²) in [5, 5.41) is 10.1. The lowest BCUT2D eigenvalue weighted by atomic mass is 9.91. The average Bonchev–Trinajstić information content (AvgIpc) is 2.46. The van der Waals surface area contributed by atoms with E-state index in [-0.39, 0.29) is 18.2 Å². The van der Waals surface area contributed by atoms with Crippen LogP contribution in [0.25, 0.3) is 0 Å². The Morgan fingerprint density at radius 1 is 1.26 bits per heavy atom. The Labute approximate surface area is 116 Å². The van der Waals surface area contributed by atoms with Crippen molar-refractivity contribution in [1.82, 2.24) is 0 Å². The first-order valence-corrected chi connectivity index (χ1v) is 7.40. The molecule has 3 nitrogen and oxygen atoms in total. The van der Waals surface area contributed by atoms with Crippen molar-refractivity contribution in [2.24, 2.45) is 5.73 Å². The molecule has 0 aromatic heterocycles. The molecule has 1 fully saturated rings. The molecule has 0 spiro atoms. The zero-order valence-electron chi connectivity index (χ0n) is 12.0. The second kappa shape index (κ2) is 6.40. The summed E-state index contributed by atoms with van der Waals surface area (Å²) < 4.78 is 0. The molecule has 106 valence electrons. The number of anilines is 1. The van der Waals surface area contributed by atoms with Crippen molar-refractivity contribution in [2.75, 3.05) is 11.9 Å². The number of hydrogen-bond donors (Lipinski definition) is 2. The Hall–Kier alpha value is -1.06. The molecule has 3 N–H and O–H groups in total. The van der Waals surface area contributed by atoms with Gasteiger partial charge in [0.05, 0.1) is 12.1 Å². The summed E-state index contributed by atoms with van der Waals surface area (Å²) in [6, 6.07) is 8.82. The summed E-state index contributed by atoms with van der Waals surface area (Å²) in [5.41, 5.74) is 8.38. The predicted octanol–water partition coefficient (Wildman–Crippen LogP) is 2.84. The van der Waals surface area contributed by atoms with Gasteiger partial charge in [0.15, 0.2) is 0 Å². The third kappa shape index (κ3) is 3.28. The lowest BCUT2D eigenvalue weighted by Crippen LogP contribution is -2.43. The minimum atomic E-state index is -0.198. The van der Waals surface area contributed by atoms with Crippen molar-refractivity contribution >= 4 is 5.69 Å². The van der Waals surface area contributed by atoms with Crippen molar-refractivity contribution in [3.63, 3.8) is 0 Å². The monoisotopic (exact) mass is 262 g/mol. The Balaban J connectivity index is 2.08. The molecule has 2 rings (SSSR count). The quantitative estimate of drug-likeness (QED) is 0.877. The Morgan fingerprint density at radius 2 is 1.89 bits per heavy atom. The van der Waals surface area contributed by atoms with E-state index in [0.717, 1.165) is 31.4 Å². The largest absolute Gasteiger partial charge is 0.391 e. The van der Waals surface area contributed by atoms with Crippen molar-refractivity contribution in [3.05, 3.63) is 29.8 Å². The lowest BCUT2D eigenvalue weighted by Gasteiger charge is -2.36. The molecule has 1 saturated carbocycles. The van der Waals surface area contributed by atoms with Gasteiger partial charge in [-0.15, -0.1) is 0 Å². The van der Waals surface area contributed by atoms with Gasteiger partial charge in [-0.1, -0.05) is 31.9 Å². The Morgan fingerprint density at radius 3 is 2.47 bits per heavy atom. The number of rotatable bonds is 4. The maximum Gasteiger partial charge on any atom is 0.0743 e. The van der Waals surface area contributed by atoms with Gasteiger partial charge in [-0.2, -0.15) is 0 Å². The molecular weight excluding hydrogens is 236 g/mol. The third-order valence-electron chi connectivity index (χ3n) is 4.36. The fourth-order valence-corrected chi connectivity index (χ4v) is 2.93. The van der Waals surface area contributed by atoms with E-state index in [4.69, 9.17) is 5.73 Å². The first-order valence-electron chi connectivity index (χ1n) is 7.40. The minimum Gasteiger partial charge on any atom is -0.391 e. The molecule has 0 aliphatic heterocycles. The van der Waals surface area contributed by atoms with Crippen LogP contribution >= 0.6 is 0 Å². The number of nitrogens with two attached hydrogens (primary N) is 1. The summed E-state index contributed by atoms with van der Waals surface area (Å²) >= 11 is 0. The van der Waals surface area contributed by atoms with Crippen LogP contribution in [0.15, 0.2) is 24.3 Å². The lowest BCUT2D eigenvalue weighted by molar-refractivity contribution is 0.106. The second-order valence-corrected chi connectivity index (χ2v) is 5.64. The summed E-state index contributed by atoms with van der Waals surface area (Å²) in [5.74, 6) is 0. The zero-order chi connectivity index (χ0) is 13.8. The summed E-state index contributed by atoms with van der Waals surface area (Å²) in [4.78, 5) is 2.21. The van der Waals surface area contributed by atoms with Crippen LogP contribution in [-0.4, -0.2) is 24.3 Å². The van der Waals surface area contributed by atoms with E-state index in [0.29, 0.717) is 0 Å². The van der Waals surface area contributed by atoms with Crippen LogP contribution in [0.3, 0.4) is 0 Å². The zero-order valence-corrected chi connectivity index (χ0v) is 12.0. The third-order valence-corrected chi connectivity index (χ3v) is 4.36. The first kappa shape index (κ1) is 14.4. The fraction of sp³-hybridized carbons (Fsp3) is 0.625. The van der Waals surface area contributed by atoms with Gasteiger partial charge in [0.2, 0.25) is 0 Å². The van der Waals surface area contributed by atoms with Crippen LogP contribution in [0.2, 0.25) is 0 Å². The molecule has 1 aliphatic carbocycles. The summed E-state index contributed by atoms with van der Waals surface area (Å²) in [7, 11) is 2.08. The molecular formula is C16H26N2O. The summed E-state index contributed by atoms with van der Waals surface area (Å²) in [6.07, 6.45) is 5.12. The van der Waals surface area contributed by atoms with Crippen molar-refractivity contribution in [3.8, 4) is 0 Å². The van der Waals surface area contributed by atoms with Crippen LogP contribution in [-0.2, 0) is 0 Å². The van der Waals surface area contributed by atoms with Crippen molar-refractivity contribution in [2.45, 2.75) is 57.2 Å². The summed E-state index contributed by atoms with van der Waals surface area (Å²) in [6.45, 7) is 2.10. The molecule has 0 heterocycles. The minimum absolute atomic E-state index is 0.125. The molecule has 0 radical (unpaired) electrons. The number of hydrogen-bond acceptors (Lipinski definition) is 3. The highest BCUT2D eigenvalue weighted by molar-refractivity contribution is 5.48. The van der Waals surface area contributed by atoms with Crippen molar-refractivity contribution < 1.29 is 5.11 Å². The predicted molar refractivity (Wildman–Crippen MR) is 80.3 cm³/mol. The molecule has 1 aliphatic rings. The van der Waals surface area contributed by atoms with Crippen LogP contribution < -0.4 is 10.6 Å². The molecule has 0 bridgehead atoms. The van der Waals surface area contributed by atoms with Crippen molar-refractivity contribution in [1.29, 1.82) is 0 Å². The number of benzene rings is 1. The second-order valence-electron chi connectivity index (χ2n) is 5.64. The molecule has 0 amide bonds. The van der Waals surface area contributed by atoms with Gasteiger partial charge in [0.1, 0.15) is 0 Å². The maximum atomic E-state index is 10.1. The standard InChI is InChI=1S/C16H26N2O/c1-3-14(17)12-8-10-13(11-9-12)18(2)15-6-4-5-7-16(15)19/h8-11,14-16,19H,3-7,17H2,1-2H3. The van der Waals surface area contributed by atoms with Gasteiger partial charge in [-0.25, -0.2) is 0 Å². The van der Waals surface area contributed by atoms with Crippen LogP contribution in [0, 0.1) is 0 Å². The highest BCUT2D eigenvalue weighted by Crippen LogP contribution is 2.27. The molecule has 1 aromatic carbocycles. The van der Waals surface area contributed by atoms with E-state index in [1.807, 2.05) is 0 Å². The molecule has 3 unspecified atom stereocenters. The van der Waals surface area contributed by atoms with Crippen LogP contribution in [0.4, 0.5) is 5.69 Å². The van der Waals surface area contributed by atoms with E-state index in [2.05, 4.69) is 43.1 Å². The fourth-order valence-electron chi connectivity index (χ4n) is 2.93. The van der Waals surface area contributed by atoms with Gasteiger partial charge in [-0.3, -0.25) is 0 Å². The molecule has 19 heavy (non-hydrogen) atoms. The maximum absolute atomic E-state index is 10.1. The highest BCUT2D eigenvalue weighted by Gasteiger charge is 2.26. The highest BCUT2D eigenvalue weighted by atomic mass is 16.3. The van der Waals surface area contributed by atoms with E-state index in [1.165, 1.54) is 12.0 Å². The average molecular weight is 262 g/mol. The normalized spacial score (nSPS) is 25.1. The number of nitrogens with zero attached hydrogens (tertiary/aromatic N) is 1. The first-order chi connectivity index (χ1) is 9.13. The van der Waals surface area contributed by atoms with E-state index in [1.54, 1.807) is 0 Å². The smallest absolute Gasteiger partial charge is 0.0743 e. The molecule has 3 atom stereocenters. The van der Waals surface area contributed by atoms with Gasteiger partial charge in [0, 0.05) is 18.8 Å². The number of likely N-dealkylation sites (N-methyl/N-ethyl adjacent to an activating group) is 1. The SMILES string of the molecule is CCC(N)c1ccc(N(C)C2CCCCC2O)cc1. The van der Waals surface area contributed by atoms with Gasteiger partial charge < -0.3 is 15.7 Å². The Kier molecular flexibility index (Phi) is 4.83. The van der Waals surface area contributed by atoms with Gasteiger partial charge in [0.25, 0.3) is 0 Å². The molecule has 1 aromatic rings. The Bertz CT molecular complexity index is 390. The van der Waals surface area contributed by atoms with E-state index >= 15 is 0 Å². The van der Waals surface area contributed by atoms with Gasteiger partial charge >= 0.3 is 0 Å². The molecule has 0 saturated heterocycles. The van der Waals surface area contributed by atoms with Crippen LogP contribution in [0.1, 0.15) is 50.6 Å². The van der Waals surface area contributed by atoms with Crippen LogP contribution in [0.5, 0.6) is 0 Å².